The van der Waals surface area contributed by atoms with E-state index in [9.17, 15) is 14.0 Å². The van der Waals surface area contributed by atoms with Gasteiger partial charge < -0.3 is 10.0 Å². The van der Waals surface area contributed by atoms with Gasteiger partial charge in [-0.1, -0.05) is 12.1 Å². The molecule has 1 aliphatic rings. The molecule has 5 nitrogen and oxygen atoms in total. The van der Waals surface area contributed by atoms with Gasteiger partial charge >= 0.3 is 5.97 Å². The maximum absolute atomic E-state index is 13.9. The first-order valence-corrected chi connectivity index (χ1v) is 9.17. The minimum atomic E-state index is -0.853. The molecule has 0 aliphatic carbocycles. The third kappa shape index (κ3) is 4.04. The maximum Gasteiger partial charge on any atom is 0.303 e. The average Bonchev–Trinajstić information content (AvgIpc) is 3.10. The zero-order chi connectivity index (χ0) is 17.8. The molecular weight excluding hydrogens is 343 g/mol. The van der Waals surface area contributed by atoms with Crippen molar-refractivity contribution in [2.45, 2.75) is 38.1 Å². The Morgan fingerprint density at radius 1 is 1.32 bits per heavy atom. The van der Waals surface area contributed by atoms with Crippen LogP contribution in [0.1, 0.15) is 42.6 Å². The van der Waals surface area contributed by atoms with Crippen LogP contribution >= 0.6 is 11.3 Å². The van der Waals surface area contributed by atoms with E-state index in [1.54, 1.807) is 28.5 Å². The molecule has 1 aromatic heterocycles. The van der Waals surface area contributed by atoms with Gasteiger partial charge in [-0.05, 0) is 37.8 Å². The molecule has 0 spiro atoms. The van der Waals surface area contributed by atoms with Gasteiger partial charge in [0.15, 0.2) is 0 Å². The summed E-state index contributed by atoms with van der Waals surface area (Å²) in [6.45, 7) is 0.607. The van der Waals surface area contributed by atoms with E-state index in [1.165, 1.54) is 17.4 Å². The van der Waals surface area contributed by atoms with Gasteiger partial charge in [-0.3, -0.25) is 9.59 Å². The van der Waals surface area contributed by atoms with Gasteiger partial charge in [0, 0.05) is 30.0 Å². The van der Waals surface area contributed by atoms with Crippen LogP contribution in [0.5, 0.6) is 0 Å². The van der Waals surface area contributed by atoms with Gasteiger partial charge in [-0.15, -0.1) is 11.3 Å². The average molecular weight is 362 g/mol. The summed E-state index contributed by atoms with van der Waals surface area (Å²) in [5.74, 6) is -1.42. The van der Waals surface area contributed by atoms with Crippen molar-refractivity contribution in [3.8, 4) is 10.6 Å². The number of halogens is 1. The molecule has 1 N–H and O–H groups in total. The summed E-state index contributed by atoms with van der Waals surface area (Å²) in [5.41, 5.74) is 0.679. The zero-order valence-electron chi connectivity index (χ0n) is 13.7. The van der Waals surface area contributed by atoms with Crippen LogP contribution < -0.4 is 0 Å². The monoisotopic (exact) mass is 362 g/mol. The van der Waals surface area contributed by atoms with Gasteiger partial charge in [0.05, 0.1) is 0 Å². The van der Waals surface area contributed by atoms with Crippen molar-refractivity contribution in [3.63, 3.8) is 0 Å². The molecule has 1 saturated heterocycles. The van der Waals surface area contributed by atoms with E-state index in [2.05, 4.69) is 4.98 Å². The van der Waals surface area contributed by atoms with Crippen molar-refractivity contribution in [1.82, 2.24) is 9.88 Å². The number of likely N-dealkylation sites (tertiary alicyclic amines) is 1. The Labute approximate surface area is 149 Å². The fourth-order valence-electron chi connectivity index (χ4n) is 3.14. The molecule has 2 aromatic rings. The van der Waals surface area contributed by atoms with E-state index in [0.29, 0.717) is 29.2 Å². The fraction of sp³-hybridized carbons (Fsp3) is 0.389. The summed E-state index contributed by atoms with van der Waals surface area (Å²) in [4.78, 5) is 29.7. The highest BCUT2D eigenvalue weighted by Gasteiger charge is 2.29. The Kier molecular flexibility index (Phi) is 5.43. The van der Waals surface area contributed by atoms with Gasteiger partial charge in [-0.25, -0.2) is 9.37 Å². The number of carbonyl (C=O) groups excluding carboxylic acids is 1. The number of aromatic nitrogens is 1. The number of nitrogens with zero attached hydrogens (tertiary/aromatic N) is 2. The van der Waals surface area contributed by atoms with E-state index in [1.807, 2.05) is 0 Å². The minimum Gasteiger partial charge on any atom is -0.481 e. The van der Waals surface area contributed by atoms with Crippen LogP contribution in [0.3, 0.4) is 0 Å². The number of hydrogen-bond donors (Lipinski definition) is 1. The van der Waals surface area contributed by atoms with Gasteiger partial charge in [0.1, 0.15) is 16.5 Å². The number of amides is 1. The largest absolute Gasteiger partial charge is 0.481 e. The Bertz CT molecular complexity index is 777. The number of aliphatic carboxylic acids is 1. The second kappa shape index (κ2) is 7.74. The summed E-state index contributed by atoms with van der Waals surface area (Å²) in [7, 11) is 0. The molecular formula is C18H19FN2O3S. The van der Waals surface area contributed by atoms with E-state index < -0.39 is 5.97 Å². The highest BCUT2D eigenvalue weighted by Crippen LogP contribution is 2.28. The van der Waals surface area contributed by atoms with E-state index in [4.69, 9.17) is 5.11 Å². The summed E-state index contributed by atoms with van der Waals surface area (Å²) in [6, 6.07) is 6.27. The molecule has 2 heterocycles. The van der Waals surface area contributed by atoms with Crippen molar-refractivity contribution < 1.29 is 19.1 Å². The van der Waals surface area contributed by atoms with Gasteiger partial charge in [-0.2, -0.15) is 0 Å². The topological polar surface area (TPSA) is 70.5 Å². The highest BCUT2D eigenvalue weighted by molar-refractivity contribution is 7.13. The van der Waals surface area contributed by atoms with E-state index in [-0.39, 0.29) is 24.2 Å². The van der Waals surface area contributed by atoms with Gasteiger partial charge in [0.25, 0.3) is 5.91 Å². The third-order valence-electron chi connectivity index (χ3n) is 4.41. The molecule has 0 unspecified atom stereocenters. The van der Waals surface area contributed by atoms with Crippen LogP contribution in [0.2, 0.25) is 0 Å². The van der Waals surface area contributed by atoms with Crippen LogP contribution in [0.4, 0.5) is 4.39 Å². The molecule has 7 heteroatoms. The van der Waals surface area contributed by atoms with Crippen LogP contribution in [0, 0.1) is 5.82 Å². The number of carboxylic acids is 1. The molecule has 1 atom stereocenters. The number of carboxylic acid groups (broad SMARTS) is 1. The van der Waals surface area contributed by atoms with Crippen LogP contribution in [0.15, 0.2) is 29.6 Å². The van der Waals surface area contributed by atoms with Crippen molar-refractivity contribution in [2.24, 2.45) is 0 Å². The zero-order valence-corrected chi connectivity index (χ0v) is 14.5. The standard InChI is InChI=1S/C18H19FN2O3S/c19-14-7-2-1-6-13(14)17-20-15(11-25-17)18(24)21-10-4-3-5-12(21)8-9-16(22)23/h1-2,6-7,11-12H,3-5,8-10H2,(H,22,23)/t12-/m0/s1. The first-order valence-electron chi connectivity index (χ1n) is 8.29. The van der Waals surface area contributed by atoms with Crippen molar-refractivity contribution >= 4 is 23.2 Å². The summed E-state index contributed by atoms with van der Waals surface area (Å²) in [6.07, 6.45) is 3.20. The molecule has 0 radical (unpaired) electrons. The molecule has 1 fully saturated rings. The lowest BCUT2D eigenvalue weighted by atomic mass is 9.97. The highest BCUT2D eigenvalue weighted by atomic mass is 32.1. The molecule has 1 amide bonds. The maximum atomic E-state index is 13.9. The lowest BCUT2D eigenvalue weighted by Crippen LogP contribution is -2.44. The predicted molar refractivity (Wildman–Crippen MR) is 93.1 cm³/mol. The normalized spacial score (nSPS) is 17.5. The number of piperidine rings is 1. The Morgan fingerprint density at radius 3 is 2.88 bits per heavy atom. The molecule has 132 valence electrons. The molecule has 0 bridgehead atoms. The van der Waals surface area contributed by atoms with Crippen molar-refractivity contribution in [3.05, 3.63) is 41.2 Å². The van der Waals surface area contributed by atoms with Crippen molar-refractivity contribution in [1.29, 1.82) is 0 Å². The van der Waals surface area contributed by atoms with E-state index >= 15 is 0 Å². The number of thiazole rings is 1. The first kappa shape index (κ1) is 17.5. The lowest BCUT2D eigenvalue weighted by molar-refractivity contribution is -0.137. The Balaban J connectivity index is 1.78. The fourth-order valence-corrected chi connectivity index (χ4v) is 3.96. The quantitative estimate of drug-likeness (QED) is 0.878. The molecule has 25 heavy (non-hydrogen) atoms. The van der Waals surface area contributed by atoms with Gasteiger partial charge in [0.2, 0.25) is 0 Å². The van der Waals surface area contributed by atoms with Crippen LogP contribution in [-0.4, -0.2) is 39.5 Å². The lowest BCUT2D eigenvalue weighted by Gasteiger charge is -2.35. The smallest absolute Gasteiger partial charge is 0.303 e. The number of hydrogen-bond acceptors (Lipinski definition) is 4. The third-order valence-corrected chi connectivity index (χ3v) is 5.28. The SMILES string of the molecule is O=C(O)CC[C@@H]1CCCCN1C(=O)c1csc(-c2ccccc2F)n1. The molecule has 1 aromatic carbocycles. The van der Waals surface area contributed by atoms with Crippen LogP contribution in [-0.2, 0) is 4.79 Å². The number of carbonyl (C=O) groups is 2. The number of rotatable bonds is 5. The summed E-state index contributed by atoms with van der Waals surface area (Å²) in [5, 5.41) is 11.0. The molecule has 3 rings (SSSR count). The first-order chi connectivity index (χ1) is 12.1. The molecule has 0 saturated carbocycles. The summed E-state index contributed by atoms with van der Waals surface area (Å²) >= 11 is 1.24. The van der Waals surface area contributed by atoms with Crippen LogP contribution in [0.25, 0.3) is 10.6 Å². The summed E-state index contributed by atoms with van der Waals surface area (Å²) < 4.78 is 13.9. The minimum absolute atomic E-state index is 0.0476. The van der Waals surface area contributed by atoms with Crippen molar-refractivity contribution in [2.75, 3.05) is 6.54 Å². The Morgan fingerprint density at radius 2 is 2.12 bits per heavy atom. The predicted octanol–water partition coefficient (Wildman–Crippen LogP) is 3.81. The molecule has 1 aliphatic heterocycles. The second-order valence-electron chi connectivity index (χ2n) is 6.10. The number of benzene rings is 1. The Hall–Kier alpha value is -2.28. The second-order valence-corrected chi connectivity index (χ2v) is 6.96. The van der Waals surface area contributed by atoms with E-state index in [0.717, 1.165) is 19.3 Å².